The molecule has 0 aliphatic rings. The Bertz CT molecular complexity index is 765. The highest BCUT2D eigenvalue weighted by Crippen LogP contribution is 2.27. The van der Waals surface area contributed by atoms with Gasteiger partial charge in [0.25, 0.3) is 0 Å². The summed E-state index contributed by atoms with van der Waals surface area (Å²) < 4.78 is 13.8. The van der Waals surface area contributed by atoms with E-state index in [0.29, 0.717) is 22.7 Å². The van der Waals surface area contributed by atoms with Crippen LogP contribution in [0.2, 0.25) is 5.02 Å². The molecule has 1 heterocycles. The van der Waals surface area contributed by atoms with Crippen molar-refractivity contribution in [2.24, 2.45) is 0 Å². The monoisotopic (exact) mass is 318 g/mol. The number of hydrogen-bond acceptors (Lipinski definition) is 3. The first-order valence-corrected chi connectivity index (χ1v) is 7.62. The van der Waals surface area contributed by atoms with E-state index in [0.717, 1.165) is 16.3 Å². The highest BCUT2D eigenvalue weighted by Gasteiger charge is 2.11. The van der Waals surface area contributed by atoms with Crippen molar-refractivity contribution in [3.8, 4) is 11.3 Å². The minimum absolute atomic E-state index is 0.303. The fourth-order valence-electron chi connectivity index (χ4n) is 2.08. The molecular formula is C16H12ClFN2S. The van der Waals surface area contributed by atoms with Gasteiger partial charge in [-0.1, -0.05) is 29.8 Å². The first-order valence-electron chi connectivity index (χ1n) is 6.36. The Hall–Kier alpha value is -1.91. The van der Waals surface area contributed by atoms with E-state index >= 15 is 0 Å². The minimum Gasteiger partial charge on any atom is -0.399 e. The number of hydrogen-bond donors (Lipinski definition) is 1. The molecule has 2 N–H and O–H groups in total. The van der Waals surface area contributed by atoms with Gasteiger partial charge in [-0.25, -0.2) is 9.37 Å². The summed E-state index contributed by atoms with van der Waals surface area (Å²) in [5.41, 5.74) is 8.75. The highest BCUT2D eigenvalue weighted by atomic mass is 35.5. The van der Waals surface area contributed by atoms with Crippen molar-refractivity contribution in [2.75, 3.05) is 5.73 Å². The Balaban J connectivity index is 1.89. The van der Waals surface area contributed by atoms with E-state index in [1.54, 1.807) is 12.1 Å². The molecule has 3 aromatic rings. The number of nitrogens with two attached hydrogens (primary N) is 1. The van der Waals surface area contributed by atoms with Gasteiger partial charge in [0, 0.05) is 33.6 Å². The summed E-state index contributed by atoms with van der Waals surface area (Å²) in [6.07, 6.45) is 0.387. The fourth-order valence-corrected chi connectivity index (χ4v) is 3.12. The summed E-state index contributed by atoms with van der Waals surface area (Å²) in [5.74, 6) is -0.303. The summed E-state index contributed by atoms with van der Waals surface area (Å²) in [7, 11) is 0. The van der Waals surface area contributed by atoms with E-state index in [-0.39, 0.29) is 5.82 Å². The number of nitrogen functional groups attached to an aromatic ring is 1. The highest BCUT2D eigenvalue weighted by molar-refractivity contribution is 7.10. The topological polar surface area (TPSA) is 38.9 Å². The summed E-state index contributed by atoms with van der Waals surface area (Å²) in [6, 6.07) is 12.2. The maximum atomic E-state index is 13.8. The lowest BCUT2D eigenvalue weighted by Gasteiger charge is -2.03. The number of aromatic nitrogens is 1. The van der Waals surface area contributed by atoms with Crippen molar-refractivity contribution in [1.82, 2.24) is 4.98 Å². The predicted molar refractivity (Wildman–Crippen MR) is 86.2 cm³/mol. The zero-order chi connectivity index (χ0) is 14.8. The molecule has 0 fully saturated rings. The number of rotatable bonds is 3. The smallest absolute Gasteiger partial charge is 0.128 e. The molecular weight excluding hydrogens is 307 g/mol. The van der Waals surface area contributed by atoms with Crippen molar-refractivity contribution in [3.63, 3.8) is 0 Å². The normalized spacial score (nSPS) is 10.8. The zero-order valence-corrected chi connectivity index (χ0v) is 12.6. The van der Waals surface area contributed by atoms with Crippen molar-refractivity contribution in [1.29, 1.82) is 0 Å². The first-order chi connectivity index (χ1) is 10.1. The lowest BCUT2D eigenvalue weighted by atomic mass is 10.1. The van der Waals surface area contributed by atoms with E-state index < -0.39 is 0 Å². The van der Waals surface area contributed by atoms with E-state index in [4.69, 9.17) is 17.3 Å². The molecule has 0 bridgehead atoms. The molecule has 0 aliphatic heterocycles. The zero-order valence-electron chi connectivity index (χ0n) is 11.0. The second kappa shape index (κ2) is 5.84. The number of benzene rings is 2. The average Bonchev–Trinajstić information content (AvgIpc) is 2.92. The maximum absolute atomic E-state index is 13.8. The van der Waals surface area contributed by atoms with Crippen LogP contribution in [0.25, 0.3) is 11.3 Å². The predicted octanol–water partition coefficient (Wildman–Crippen LogP) is 4.78. The average molecular weight is 319 g/mol. The number of nitrogens with zero attached hydrogens (tertiary/aromatic N) is 1. The van der Waals surface area contributed by atoms with Crippen LogP contribution in [-0.4, -0.2) is 4.98 Å². The van der Waals surface area contributed by atoms with E-state index in [2.05, 4.69) is 4.98 Å². The van der Waals surface area contributed by atoms with Gasteiger partial charge in [0.1, 0.15) is 5.82 Å². The maximum Gasteiger partial charge on any atom is 0.128 e. The van der Waals surface area contributed by atoms with E-state index in [1.165, 1.54) is 17.4 Å². The molecule has 1 aromatic heterocycles. The van der Waals surface area contributed by atoms with Crippen molar-refractivity contribution < 1.29 is 4.39 Å². The second-order valence-corrected chi connectivity index (χ2v) is 5.98. The molecule has 5 heteroatoms. The Morgan fingerprint density at radius 1 is 1.19 bits per heavy atom. The lowest BCUT2D eigenvalue weighted by molar-refractivity contribution is 0.614. The van der Waals surface area contributed by atoms with Gasteiger partial charge in [-0.15, -0.1) is 11.3 Å². The molecule has 0 aliphatic carbocycles. The summed E-state index contributed by atoms with van der Waals surface area (Å²) >= 11 is 7.53. The Labute approximate surface area is 131 Å². The van der Waals surface area contributed by atoms with Crippen molar-refractivity contribution in [3.05, 3.63) is 69.3 Å². The quantitative estimate of drug-likeness (QED) is 0.706. The van der Waals surface area contributed by atoms with E-state index in [9.17, 15) is 4.39 Å². The van der Waals surface area contributed by atoms with Crippen LogP contribution in [0.5, 0.6) is 0 Å². The van der Waals surface area contributed by atoms with Crippen LogP contribution in [0.1, 0.15) is 10.6 Å². The lowest BCUT2D eigenvalue weighted by Crippen LogP contribution is -1.93. The van der Waals surface area contributed by atoms with Gasteiger partial charge in [0.15, 0.2) is 0 Å². The van der Waals surface area contributed by atoms with Crippen LogP contribution >= 0.6 is 22.9 Å². The number of anilines is 1. The SMILES string of the molecule is Nc1cccc(-c2csc(Cc3c(F)cccc3Cl)n2)c1. The fraction of sp³-hybridized carbons (Fsp3) is 0.0625. The van der Waals surface area contributed by atoms with Gasteiger partial charge in [-0.05, 0) is 24.3 Å². The molecule has 0 amide bonds. The standard InChI is InChI=1S/C16H12ClFN2S/c17-13-5-2-6-14(18)12(13)8-16-20-15(9-21-16)10-3-1-4-11(19)7-10/h1-7,9H,8,19H2. The second-order valence-electron chi connectivity index (χ2n) is 4.63. The molecule has 106 valence electrons. The number of halogens is 2. The van der Waals surface area contributed by atoms with Gasteiger partial charge in [-0.3, -0.25) is 0 Å². The molecule has 3 rings (SSSR count). The van der Waals surface area contributed by atoms with Crippen LogP contribution in [0.4, 0.5) is 10.1 Å². The van der Waals surface area contributed by atoms with E-state index in [1.807, 2.05) is 29.6 Å². The molecule has 0 radical (unpaired) electrons. The Kier molecular flexibility index (Phi) is 3.90. The van der Waals surface area contributed by atoms with Crippen LogP contribution in [0.3, 0.4) is 0 Å². The number of thiazole rings is 1. The van der Waals surface area contributed by atoms with Crippen LogP contribution in [0, 0.1) is 5.82 Å². The van der Waals surface area contributed by atoms with Gasteiger partial charge in [0.05, 0.1) is 10.7 Å². The van der Waals surface area contributed by atoms with Gasteiger partial charge in [-0.2, -0.15) is 0 Å². The summed E-state index contributed by atoms with van der Waals surface area (Å²) in [6.45, 7) is 0. The largest absolute Gasteiger partial charge is 0.399 e. The molecule has 0 saturated heterocycles. The first kappa shape index (κ1) is 14.0. The minimum atomic E-state index is -0.303. The molecule has 0 atom stereocenters. The van der Waals surface area contributed by atoms with Gasteiger partial charge >= 0.3 is 0 Å². The molecule has 0 saturated carbocycles. The van der Waals surface area contributed by atoms with Crippen molar-refractivity contribution >= 4 is 28.6 Å². The Morgan fingerprint density at radius 3 is 2.76 bits per heavy atom. The third-order valence-corrected chi connectivity index (χ3v) is 4.33. The third-order valence-electron chi connectivity index (χ3n) is 3.12. The van der Waals surface area contributed by atoms with Crippen LogP contribution in [-0.2, 0) is 6.42 Å². The summed E-state index contributed by atoms with van der Waals surface area (Å²) in [4.78, 5) is 4.54. The Morgan fingerprint density at radius 2 is 2.00 bits per heavy atom. The van der Waals surface area contributed by atoms with Crippen molar-refractivity contribution in [2.45, 2.75) is 6.42 Å². The van der Waals surface area contributed by atoms with Crippen LogP contribution in [0.15, 0.2) is 47.8 Å². The molecule has 0 unspecified atom stereocenters. The molecule has 2 nitrogen and oxygen atoms in total. The molecule has 21 heavy (non-hydrogen) atoms. The summed E-state index contributed by atoms with van der Waals surface area (Å²) in [5, 5.41) is 3.19. The molecule has 0 spiro atoms. The van der Waals surface area contributed by atoms with Gasteiger partial charge in [0.2, 0.25) is 0 Å². The van der Waals surface area contributed by atoms with Gasteiger partial charge < -0.3 is 5.73 Å². The third kappa shape index (κ3) is 3.06. The van der Waals surface area contributed by atoms with Crippen LogP contribution < -0.4 is 5.73 Å². The molecule has 2 aromatic carbocycles.